The number of nitrogens with zero attached hydrogens (tertiary/aromatic N) is 2. The molecule has 1 unspecified atom stereocenters. The maximum Gasteiger partial charge on any atom is 0.265 e. The molecular formula is C28H33N3O. The summed E-state index contributed by atoms with van der Waals surface area (Å²) in [5.74, 6) is 0.439. The van der Waals surface area contributed by atoms with E-state index in [1.807, 2.05) is 11.0 Å². The molecule has 0 bridgehead atoms. The standard InChI is InChI=1S/C28H33N3O/c1-21(25-12-11-24-9-5-6-10-26(24)18-25)30-20-27(19-29)28(32)31-15-13-23(14-16-31)17-22-7-3-2-4-8-22/h2-4,7-8,11-12,18,20-21,23,30H,5-6,9-10,13-17H2,1H3/b27-20-. The lowest BCUT2D eigenvalue weighted by Gasteiger charge is -2.32. The highest BCUT2D eigenvalue weighted by Gasteiger charge is 2.25. The first-order valence-electron chi connectivity index (χ1n) is 11.9. The van der Waals surface area contributed by atoms with Gasteiger partial charge in [-0.2, -0.15) is 5.26 Å². The number of benzene rings is 2. The van der Waals surface area contributed by atoms with Gasteiger partial charge in [-0.05, 0) is 80.0 Å². The molecule has 2 aromatic rings. The normalized spacial score (nSPS) is 17.9. The lowest BCUT2D eigenvalue weighted by Crippen LogP contribution is -2.39. The molecule has 0 radical (unpaired) electrons. The van der Waals surface area contributed by atoms with Gasteiger partial charge in [-0.15, -0.1) is 0 Å². The van der Waals surface area contributed by atoms with Crippen molar-refractivity contribution in [3.05, 3.63) is 82.6 Å². The van der Waals surface area contributed by atoms with Crippen molar-refractivity contribution in [2.75, 3.05) is 13.1 Å². The Kier molecular flexibility index (Phi) is 7.27. The number of rotatable bonds is 6. The fraction of sp³-hybridized carbons (Fsp3) is 0.429. The minimum atomic E-state index is -0.157. The van der Waals surface area contributed by atoms with E-state index in [9.17, 15) is 10.1 Å². The molecule has 1 amide bonds. The van der Waals surface area contributed by atoms with E-state index in [0.717, 1.165) is 38.8 Å². The average molecular weight is 428 g/mol. The third-order valence-corrected chi connectivity index (χ3v) is 6.97. The Bertz CT molecular complexity index is 997. The van der Waals surface area contributed by atoms with E-state index in [2.05, 4.69) is 60.8 Å². The van der Waals surface area contributed by atoms with E-state index in [1.165, 1.54) is 41.5 Å². The van der Waals surface area contributed by atoms with Crippen LogP contribution in [0.5, 0.6) is 0 Å². The minimum absolute atomic E-state index is 0.0509. The maximum absolute atomic E-state index is 12.9. The molecule has 1 aliphatic carbocycles. The van der Waals surface area contributed by atoms with Gasteiger partial charge in [0.15, 0.2) is 0 Å². The van der Waals surface area contributed by atoms with Gasteiger partial charge in [-0.3, -0.25) is 4.79 Å². The summed E-state index contributed by atoms with van der Waals surface area (Å²) < 4.78 is 0. The number of fused-ring (bicyclic) bond motifs is 1. The molecule has 32 heavy (non-hydrogen) atoms. The van der Waals surface area contributed by atoms with Gasteiger partial charge in [0.2, 0.25) is 0 Å². The van der Waals surface area contributed by atoms with Crippen molar-refractivity contribution in [2.24, 2.45) is 5.92 Å². The van der Waals surface area contributed by atoms with Crippen LogP contribution < -0.4 is 5.32 Å². The number of aryl methyl sites for hydroxylation is 2. The molecule has 4 nitrogen and oxygen atoms in total. The molecule has 4 heteroatoms. The fourth-order valence-corrected chi connectivity index (χ4v) is 4.93. The monoisotopic (exact) mass is 427 g/mol. The number of nitrogens with one attached hydrogen (secondary N) is 1. The van der Waals surface area contributed by atoms with Crippen LogP contribution in [0.15, 0.2) is 60.3 Å². The smallest absolute Gasteiger partial charge is 0.265 e. The quantitative estimate of drug-likeness (QED) is 0.515. The SMILES string of the molecule is CC(N/C=C(/C#N)C(=O)N1CCC(Cc2ccccc2)CC1)c1ccc2c(c1)CCCC2. The molecule has 166 valence electrons. The van der Waals surface area contributed by atoms with Crippen molar-refractivity contribution in [1.29, 1.82) is 5.26 Å². The van der Waals surface area contributed by atoms with Gasteiger partial charge in [0.05, 0.1) is 0 Å². The summed E-state index contributed by atoms with van der Waals surface area (Å²) in [7, 11) is 0. The van der Waals surface area contributed by atoms with E-state index in [0.29, 0.717) is 5.92 Å². The number of amides is 1. The molecule has 0 saturated carbocycles. The van der Waals surface area contributed by atoms with Crippen LogP contribution in [-0.4, -0.2) is 23.9 Å². The van der Waals surface area contributed by atoms with Crippen LogP contribution >= 0.6 is 0 Å². The molecule has 2 aromatic carbocycles. The average Bonchev–Trinajstić information content (AvgIpc) is 2.85. The van der Waals surface area contributed by atoms with Crippen LogP contribution in [0.3, 0.4) is 0 Å². The lowest BCUT2D eigenvalue weighted by atomic mass is 9.89. The Balaban J connectivity index is 1.32. The van der Waals surface area contributed by atoms with Crippen molar-refractivity contribution in [1.82, 2.24) is 10.2 Å². The van der Waals surface area contributed by atoms with Crippen LogP contribution in [0, 0.1) is 17.2 Å². The molecule has 1 atom stereocenters. The summed E-state index contributed by atoms with van der Waals surface area (Å²) >= 11 is 0. The van der Waals surface area contributed by atoms with Crippen molar-refractivity contribution in [3.63, 3.8) is 0 Å². The zero-order chi connectivity index (χ0) is 22.3. The highest BCUT2D eigenvalue weighted by Crippen LogP contribution is 2.25. The van der Waals surface area contributed by atoms with Gasteiger partial charge in [-0.1, -0.05) is 48.5 Å². The largest absolute Gasteiger partial charge is 0.383 e. The minimum Gasteiger partial charge on any atom is -0.383 e. The van der Waals surface area contributed by atoms with Gasteiger partial charge in [0, 0.05) is 25.3 Å². The van der Waals surface area contributed by atoms with E-state index in [4.69, 9.17) is 0 Å². The van der Waals surface area contributed by atoms with Crippen molar-refractivity contribution >= 4 is 5.91 Å². The molecule has 0 spiro atoms. The second-order valence-corrected chi connectivity index (χ2v) is 9.22. The second kappa shape index (κ2) is 10.5. The molecule has 0 aromatic heterocycles. The Labute approximate surface area is 191 Å². The van der Waals surface area contributed by atoms with Crippen molar-refractivity contribution in [3.8, 4) is 6.07 Å². The number of hydrogen-bond donors (Lipinski definition) is 1. The summed E-state index contributed by atoms with van der Waals surface area (Å²) in [5, 5.41) is 12.9. The highest BCUT2D eigenvalue weighted by molar-refractivity contribution is 5.97. The number of likely N-dealkylation sites (tertiary alicyclic amines) is 1. The molecule has 1 heterocycles. The van der Waals surface area contributed by atoms with E-state index in [-0.39, 0.29) is 17.5 Å². The summed E-state index contributed by atoms with van der Waals surface area (Å²) in [6.07, 6.45) is 9.50. The molecule has 1 saturated heterocycles. The maximum atomic E-state index is 12.9. The van der Waals surface area contributed by atoms with Crippen molar-refractivity contribution in [2.45, 2.75) is 57.9 Å². The van der Waals surface area contributed by atoms with E-state index < -0.39 is 0 Å². The van der Waals surface area contributed by atoms with Gasteiger partial charge < -0.3 is 10.2 Å². The number of piperidine rings is 1. The number of carbonyl (C=O) groups is 1. The predicted octanol–water partition coefficient (Wildman–Crippen LogP) is 5.10. The summed E-state index contributed by atoms with van der Waals surface area (Å²) in [5.41, 5.74) is 5.66. The fourth-order valence-electron chi connectivity index (χ4n) is 4.93. The van der Waals surface area contributed by atoms with Crippen LogP contribution in [0.2, 0.25) is 0 Å². The van der Waals surface area contributed by atoms with Gasteiger partial charge >= 0.3 is 0 Å². The Morgan fingerprint density at radius 2 is 1.84 bits per heavy atom. The Hall–Kier alpha value is -3.06. The summed E-state index contributed by atoms with van der Waals surface area (Å²) in [6, 6.07) is 19.4. The summed E-state index contributed by atoms with van der Waals surface area (Å²) in [6.45, 7) is 3.51. The molecule has 4 rings (SSSR count). The predicted molar refractivity (Wildman–Crippen MR) is 128 cm³/mol. The topological polar surface area (TPSA) is 56.1 Å². The first-order chi connectivity index (χ1) is 15.6. The first kappa shape index (κ1) is 22.1. The van der Waals surface area contributed by atoms with Gasteiger partial charge in [0.25, 0.3) is 5.91 Å². The summed E-state index contributed by atoms with van der Waals surface area (Å²) in [4.78, 5) is 14.8. The first-order valence-corrected chi connectivity index (χ1v) is 11.9. The Morgan fingerprint density at radius 1 is 1.12 bits per heavy atom. The molecular weight excluding hydrogens is 394 g/mol. The zero-order valence-corrected chi connectivity index (χ0v) is 19.0. The third kappa shape index (κ3) is 5.40. The van der Waals surface area contributed by atoms with Crippen LogP contribution in [0.25, 0.3) is 0 Å². The third-order valence-electron chi connectivity index (χ3n) is 6.97. The van der Waals surface area contributed by atoms with Gasteiger partial charge in [0.1, 0.15) is 11.6 Å². The number of hydrogen-bond acceptors (Lipinski definition) is 3. The zero-order valence-electron chi connectivity index (χ0n) is 19.0. The van der Waals surface area contributed by atoms with Gasteiger partial charge in [-0.25, -0.2) is 0 Å². The number of nitriles is 1. The number of carbonyl (C=O) groups excluding carboxylic acids is 1. The second-order valence-electron chi connectivity index (χ2n) is 9.22. The highest BCUT2D eigenvalue weighted by atomic mass is 16.2. The molecule has 2 aliphatic rings. The Morgan fingerprint density at radius 3 is 2.56 bits per heavy atom. The van der Waals surface area contributed by atoms with Crippen molar-refractivity contribution < 1.29 is 4.79 Å². The molecule has 1 fully saturated rings. The van der Waals surface area contributed by atoms with Crippen LogP contribution in [-0.2, 0) is 24.1 Å². The molecule has 1 aliphatic heterocycles. The van der Waals surface area contributed by atoms with Crippen LogP contribution in [0.4, 0.5) is 0 Å². The van der Waals surface area contributed by atoms with E-state index >= 15 is 0 Å². The molecule has 1 N–H and O–H groups in total. The van der Waals surface area contributed by atoms with E-state index in [1.54, 1.807) is 6.20 Å². The lowest BCUT2D eigenvalue weighted by molar-refractivity contribution is -0.128. The van der Waals surface area contributed by atoms with Crippen LogP contribution in [0.1, 0.15) is 60.9 Å².